The number of benzene rings is 2. The fraction of sp³-hybridized carbons (Fsp3) is 0.176. The number of amidine groups is 1. The second-order valence-corrected chi connectivity index (χ2v) is 5.15. The smallest absolute Gasteiger partial charge is 0.282 e. The van der Waals surface area contributed by atoms with Crippen molar-refractivity contribution in [3.63, 3.8) is 0 Å². The van der Waals surface area contributed by atoms with Gasteiger partial charge >= 0.3 is 0 Å². The van der Waals surface area contributed by atoms with Gasteiger partial charge < -0.3 is 15.8 Å². The summed E-state index contributed by atoms with van der Waals surface area (Å²) < 4.78 is 5.13. The molecule has 3 rings (SSSR count). The van der Waals surface area contributed by atoms with Gasteiger partial charge in [0.15, 0.2) is 0 Å². The predicted octanol–water partition coefficient (Wildman–Crippen LogP) is 2.19. The third-order valence-corrected chi connectivity index (χ3v) is 3.45. The van der Waals surface area contributed by atoms with Crippen LogP contribution in [-0.2, 0) is 11.2 Å². The molecule has 22 heavy (non-hydrogen) atoms. The summed E-state index contributed by atoms with van der Waals surface area (Å²) in [6, 6.07) is 17.2. The molecule has 0 radical (unpaired) electrons. The molecule has 3 N–H and O–H groups in total. The molecule has 0 bridgehead atoms. The number of carbonyl (C=O) groups excluding carboxylic acids is 1. The highest BCUT2D eigenvalue weighted by atomic mass is 16.5. The first kappa shape index (κ1) is 14.1. The van der Waals surface area contributed by atoms with Crippen molar-refractivity contribution >= 4 is 17.6 Å². The zero-order valence-corrected chi connectivity index (χ0v) is 12.0. The van der Waals surface area contributed by atoms with Crippen molar-refractivity contribution in [3.8, 4) is 0 Å². The maximum atomic E-state index is 12.1. The molecule has 0 fully saturated rings. The van der Waals surface area contributed by atoms with Crippen molar-refractivity contribution < 1.29 is 9.53 Å². The Labute approximate surface area is 128 Å². The molecule has 0 spiro atoms. The standard InChI is InChI=1S/C17H17N3O2/c18-17-20-15(11-22-17)10-12-6-8-13(9-7-12)16(21)19-14-4-2-1-3-5-14/h1-9,15H,10-11H2,(H2,18,20)(H,19,21)/t15-/m0/s1. The summed E-state index contributed by atoms with van der Waals surface area (Å²) in [5.41, 5.74) is 8.00. The minimum atomic E-state index is -0.121. The van der Waals surface area contributed by atoms with Crippen LogP contribution in [0.3, 0.4) is 0 Å². The van der Waals surface area contributed by atoms with E-state index in [2.05, 4.69) is 10.3 Å². The number of ether oxygens (including phenoxy) is 1. The lowest BCUT2D eigenvalue weighted by atomic mass is 10.0. The van der Waals surface area contributed by atoms with Crippen LogP contribution in [0.4, 0.5) is 5.69 Å². The summed E-state index contributed by atoms with van der Waals surface area (Å²) in [6.45, 7) is 0.516. The van der Waals surface area contributed by atoms with Gasteiger partial charge in [-0.3, -0.25) is 4.79 Å². The number of anilines is 1. The Balaban J connectivity index is 1.62. The van der Waals surface area contributed by atoms with E-state index in [0.717, 1.165) is 17.7 Å². The fourth-order valence-electron chi connectivity index (χ4n) is 2.33. The SMILES string of the molecule is NC1=N[C@@H](Cc2ccc(C(=O)Nc3ccccc3)cc2)CO1. The molecule has 112 valence electrons. The average Bonchev–Trinajstić information content (AvgIpc) is 2.94. The maximum absolute atomic E-state index is 12.1. The van der Waals surface area contributed by atoms with Gasteiger partial charge in [-0.05, 0) is 36.2 Å². The van der Waals surface area contributed by atoms with E-state index in [0.29, 0.717) is 12.2 Å². The number of nitrogens with two attached hydrogens (primary N) is 1. The van der Waals surface area contributed by atoms with Crippen LogP contribution in [0.15, 0.2) is 59.6 Å². The Kier molecular flexibility index (Phi) is 4.05. The molecule has 0 saturated heterocycles. The lowest BCUT2D eigenvalue weighted by Crippen LogP contribution is -2.13. The van der Waals surface area contributed by atoms with Crippen LogP contribution in [0.1, 0.15) is 15.9 Å². The summed E-state index contributed by atoms with van der Waals surface area (Å²) in [6.07, 6.45) is 0.751. The van der Waals surface area contributed by atoms with Crippen molar-refractivity contribution in [2.24, 2.45) is 10.7 Å². The highest BCUT2D eigenvalue weighted by Crippen LogP contribution is 2.13. The number of hydrogen-bond donors (Lipinski definition) is 2. The number of rotatable bonds is 4. The van der Waals surface area contributed by atoms with Gasteiger partial charge in [-0.15, -0.1) is 0 Å². The molecule has 1 heterocycles. The van der Waals surface area contributed by atoms with E-state index in [-0.39, 0.29) is 18.0 Å². The van der Waals surface area contributed by atoms with Gasteiger partial charge in [-0.25, -0.2) is 4.99 Å². The number of amides is 1. The number of nitrogens with zero attached hydrogens (tertiary/aromatic N) is 1. The molecule has 0 aliphatic carbocycles. The lowest BCUT2D eigenvalue weighted by Gasteiger charge is -2.07. The fourth-order valence-corrected chi connectivity index (χ4v) is 2.33. The highest BCUT2D eigenvalue weighted by Gasteiger charge is 2.17. The van der Waals surface area contributed by atoms with Gasteiger partial charge in [-0.1, -0.05) is 30.3 Å². The number of carbonyl (C=O) groups is 1. The molecular weight excluding hydrogens is 278 g/mol. The summed E-state index contributed by atoms with van der Waals surface area (Å²) in [5.74, 6) is -0.121. The quantitative estimate of drug-likeness (QED) is 0.907. The Bertz CT molecular complexity index is 681. The zero-order valence-electron chi connectivity index (χ0n) is 12.0. The molecule has 1 aliphatic heterocycles. The first-order valence-corrected chi connectivity index (χ1v) is 7.12. The molecular formula is C17H17N3O2. The first-order valence-electron chi connectivity index (χ1n) is 7.12. The molecule has 2 aromatic carbocycles. The van der Waals surface area contributed by atoms with Gasteiger partial charge in [0.1, 0.15) is 6.61 Å². The third-order valence-electron chi connectivity index (χ3n) is 3.45. The van der Waals surface area contributed by atoms with Crippen LogP contribution < -0.4 is 11.1 Å². The molecule has 1 atom stereocenters. The number of hydrogen-bond acceptors (Lipinski definition) is 4. The van der Waals surface area contributed by atoms with E-state index in [1.807, 2.05) is 54.6 Å². The van der Waals surface area contributed by atoms with E-state index in [4.69, 9.17) is 10.5 Å². The molecule has 2 aromatic rings. The van der Waals surface area contributed by atoms with E-state index in [9.17, 15) is 4.79 Å². The zero-order chi connectivity index (χ0) is 15.4. The minimum Gasteiger partial charge on any atom is -0.463 e. The van der Waals surface area contributed by atoms with Crippen molar-refractivity contribution in [2.45, 2.75) is 12.5 Å². The minimum absolute atomic E-state index is 0.0593. The van der Waals surface area contributed by atoms with Crippen LogP contribution >= 0.6 is 0 Å². The van der Waals surface area contributed by atoms with E-state index in [1.165, 1.54) is 0 Å². The Hall–Kier alpha value is -2.82. The van der Waals surface area contributed by atoms with Crippen LogP contribution in [0.5, 0.6) is 0 Å². The number of nitrogens with one attached hydrogen (secondary N) is 1. The van der Waals surface area contributed by atoms with Crippen molar-refractivity contribution in [1.29, 1.82) is 0 Å². The van der Waals surface area contributed by atoms with Gasteiger partial charge in [0.2, 0.25) is 0 Å². The molecule has 0 saturated carbocycles. The summed E-state index contributed by atoms with van der Waals surface area (Å²) in [4.78, 5) is 16.3. The summed E-state index contributed by atoms with van der Waals surface area (Å²) >= 11 is 0. The molecule has 1 aliphatic rings. The van der Waals surface area contributed by atoms with Crippen LogP contribution in [0.25, 0.3) is 0 Å². The molecule has 0 unspecified atom stereocenters. The van der Waals surface area contributed by atoms with Crippen LogP contribution in [0, 0.1) is 0 Å². The Morgan fingerprint density at radius 1 is 1.18 bits per heavy atom. The maximum Gasteiger partial charge on any atom is 0.282 e. The second-order valence-electron chi connectivity index (χ2n) is 5.15. The molecule has 5 nitrogen and oxygen atoms in total. The third kappa shape index (κ3) is 3.44. The number of para-hydroxylation sites is 1. The van der Waals surface area contributed by atoms with Crippen molar-refractivity contribution in [1.82, 2.24) is 0 Å². The normalized spacial score (nSPS) is 16.7. The van der Waals surface area contributed by atoms with Gasteiger partial charge in [-0.2, -0.15) is 0 Å². The van der Waals surface area contributed by atoms with E-state index >= 15 is 0 Å². The average molecular weight is 295 g/mol. The van der Waals surface area contributed by atoms with Gasteiger partial charge in [0.25, 0.3) is 11.9 Å². The monoisotopic (exact) mass is 295 g/mol. The summed E-state index contributed by atoms with van der Waals surface area (Å²) in [5, 5.41) is 2.86. The largest absolute Gasteiger partial charge is 0.463 e. The topological polar surface area (TPSA) is 76.7 Å². The van der Waals surface area contributed by atoms with Crippen LogP contribution in [-0.4, -0.2) is 24.6 Å². The van der Waals surface area contributed by atoms with Gasteiger partial charge in [0, 0.05) is 11.3 Å². The molecule has 1 amide bonds. The Morgan fingerprint density at radius 2 is 1.91 bits per heavy atom. The molecule has 0 aromatic heterocycles. The van der Waals surface area contributed by atoms with E-state index in [1.54, 1.807) is 0 Å². The van der Waals surface area contributed by atoms with Gasteiger partial charge in [0.05, 0.1) is 6.04 Å². The predicted molar refractivity (Wildman–Crippen MR) is 85.9 cm³/mol. The first-order chi connectivity index (χ1) is 10.7. The summed E-state index contributed by atoms with van der Waals surface area (Å²) in [7, 11) is 0. The second kappa shape index (κ2) is 6.30. The van der Waals surface area contributed by atoms with E-state index < -0.39 is 0 Å². The van der Waals surface area contributed by atoms with Crippen LogP contribution in [0.2, 0.25) is 0 Å². The Morgan fingerprint density at radius 3 is 2.55 bits per heavy atom. The van der Waals surface area contributed by atoms with Crippen molar-refractivity contribution in [3.05, 3.63) is 65.7 Å². The highest BCUT2D eigenvalue weighted by molar-refractivity contribution is 6.04. The molecule has 5 heteroatoms. The lowest BCUT2D eigenvalue weighted by molar-refractivity contribution is 0.102. The van der Waals surface area contributed by atoms with Crippen molar-refractivity contribution in [2.75, 3.05) is 11.9 Å². The number of aliphatic imine (C=N–C) groups is 1.